The van der Waals surface area contributed by atoms with Crippen molar-refractivity contribution in [3.8, 4) is 6.07 Å². The van der Waals surface area contributed by atoms with Crippen LogP contribution in [-0.4, -0.2) is 18.6 Å². The molecule has 0 aliphatic rings. The minimum Gasteiger partial charge on any atom is -0.358 e. The van der Waals surface area contributed by atoms with Crippen LogP contribution in [0.3, 0.4) is 0 Å². The smallest absolute Gasteiger partial charge is 0.146 e. The predicted molar refractivity (Wildman–Crippen MR) is 66.4 cm³/mol. The molecule has 1 heterocycles. The lowest BCUT2D eigenvalue weighted by molar-refractivity contribution is 0.417. The molecule has 3 heteroatoms. The Hall–Kier alpha value is -1.56. The van der Waals surface area contributed by atoms with Crippen LogP contribution in [0.5, 0.6) is 0 Å². The van der Waals surface area contributed by atoms with Gasteiger partial charge in [-0.25, -0.2) is 4.98 Å². The molecule has 0 saturated heterocycles. The molecule has 0 spiro atoms. The van der Waals surface area contributed by atoms with Crippen LogP contribution in [0, 0.1) is 23.7 Å². The quantitative estimate of drug-likeness (QED) is 0.764. The highest BCUT2D eigenvalue weighted by Gasteiger charge is 2.17. The average Bonchev–Trinajstić information content (AvgIpc) is 2.15. The molecule has 0 aliphatic carbocycles. The Morgan fingerprint density at radius 3 is 2.50 bits per heavy atom. The van der Waals surface area contributed by atoms with E-state index in [9.17, 15) is 0 Å². The van der Waals surface area contributed by atoms with Crippen molar-refractivity contribution in [2.45, 2.75) is 27.7 Å². The first-order valence-electron chi connectivity index (χ1n) is 5.42. The molecular weight excluding hydrogens is 198 g/mol. The average molecular weight is 217 g/mol. The van der Waals surface area contributed by atoms with Crippen molar-refractivity contribution >= 4 is 5.82 Å². The molecule has 0 unspecified atom stereocenters. The van der Waals surface area contributed by atoms with Crippen LogP contribution in [-0.2, 0) is 0 Å². The van der Waals surface area contributed by atoms with Gasteiger partial charge in [0.05, 0.1) is 5.56 Å². The van der Waals surface area contributed by atoms with E-state index in [0.29, 0.717) is 5.56 Å². The van der Waals surface area contributed by atoms with E-state index in [1.165, 1.54) is 0 Å². The zero-order valence-corrected chi connectivity index (χ0v) is 10.7. The molecule has 1 aromatic heterocycles. The Bertz CT molecular complexity index is 410. The molecule has 0 fully saturated rings. The van der Waals surface area contributed by atoms with Crippen LogP contribution >= 0.6 is 0 Å². The SMILES string of the molecule is Cc1ccc(C#N)c(N(C)CC(C)(C)C)n1. The molecule has 0 saturated carbocycles. The largest absolute Gasteiger partial charge is 0.358 e. The van der Waals surface area contributed by atoms with Gasteiger partial charge in [0.15, 0.2) is 0 Å². The van der Waals surface area contributed by atoms with Gasteiger partial charge in [0.25, 0.3) is 0 Å². The molecule has 0 bridgehead atoms. The summed E-state index contributed by atoms with van der Waals surface area (Å²) < 4.78 is 0. The molecule has 86 valence electrons. The summed E-state index contributed by atoms with van der Waals surface area (Å²) in [5.41, 5.74) is 1.76. The number of aromatic nitrogens is 1. The fourth-order valence-corrected chi connectivity index (χ4v) is 1.71. The standard InChI is InChI=1S/C13H19N3/c1-10-6-7-11(8-14)12(15-10)16(5)9-13(2,3)4/h6-7H,9H2,1-5H3. The van der Waals surface area contributed by atoms with Crippen molar-refractivity contribution in [2.75, 3.05) is 18.5 Å². The van der Waals surface area contributed by atoms with Crippen molar-refractivity contribution in [2.24, 2.45) is 5.41 Å². The van der Waals surface area contributed by atoms with Gasteiger partial charge in [-0.1, -0.05) is 20.8 Å². The normalized spacial score (nSPS) is 11.0. The topological polar surface area (TPSA) is 39.9 Å². The van der Waals surface area contributed by atoms with Crippen molar-refractivity contribution in [3.05, 3.63) is 23.4 Å². The van der Waals surface area contributed by atoms with Crippen LogP contribution in [0.4, 0.5) is 5.82 Å². The van der Waals surface area contributed by atoms with Crippen molar-refractivity contribution < 1.29 is 0 Å². The predicted octanol–water partition coefficient (Wildman–Crippen LogP) is 2.74. The number of anilines is 1. The Balaban J connectivity index is 3.03. The van der Waals surface area contributed by atoms with Crippen molar-refractivity contribution in [3.63, 3.8) is 0 Å². The Labute approximate surface area is 97.7 Å². The number of rotatable bonds is 2. The highest BCUT2D eigenvalue weighted by molar-refractivity contribution is 5.53. The second-order valence-electron chi connectivity index (χ2n) is 5.35. The molecule has 1 aromatic rings. The van der Waals surface area contributed by atoms with Gasteiger partial charge in [0.1, 0.15) is 11.9 Å². The minimum atomic E-state index is 0.187. The summed E-state index contributed by atoms with van der Waals surface area (Å²) in [6.45, 7) is 9.33. The third-order valence-electron chi connectivity index (χ3n) is 2.21. The second-order valence-corrected chi connectivity index (χ2v) is 5.35. The van der Waals surface area contributed by atoms with Crippen LogP contribution in [0.2, 0.25) is 0 Å². The van der Waals surface area contributed by atoms with E-state index in [2.05, 4.69) is 31.8 Å². The first-order valence-corrected chi connectivity index (χ1v) is 5.42. The molecule has 3 nitrogen and oxygen atoms in total. The molecule has 0 N–H and O–H groups in total. The van der Waals surface area contributed by atoms with E-state index in [0.717, 1.165) is 18.1 Å². The third-order valence-corrected chi connectivity index (χ3v) is 2.21. The van der Waals surface area contributed by atoms with E-state index < -0.39 is 0 Å². The van der Waals surface area contributed by atoms with E-state index in [1.807, 2.05) is 31.0 Å². The molecule has 1 rings (SSSR count). The van der Waals surface area contributed by atoms with Gasteiger partial charge in [-0.2, -0.15) is 5.26 Å². The lowest BCUT2D eigenvalue weighted by atomic mass is 9.96. The van der Waals surface area contributed by atoms with Gasteiger partial charge in [0.2, 0.25) is 0 Å². The second kappa shape index (κ2) is 4.52. The zero-order chi connectivity index (χ0) is 12.3. The maximum Gasteiger partial charge on any atom is 0.146 e. The Morgan fingerprint density at radius 2 is 2.00 bits per heavy atom. The van der Waals surface area contributed by atoms with Gasteiger partial charge in [-0.05, 0) is 24.5 Å². The van der Waals surface area contributed by atoms with Crippen molar-refractivity contribution in [1.82, 2.24) is 4.98 Å². The molecule has 0 atom stereocenters. The molecule has 16 heavy (non-hydrogen) atoms. The maximum atomic E-state index is 9.04. The number of nitriles is 1. The van der Waals surface area contributed by atoms with E-state index in [1.54, 1.807) is 0 Å². The highest BCUT2D eigenvalue weighted by atomic mass is 15.2. The molecule has 0 amide bonds. The van der Waals surface area contributed by atoms with E-state index in [-0.39, 0.29) is 5.41 Å². The summed E-state index contributed by atoms with van der Waals surface area (Å²) in [7, 11) is 1.98. The third kappa shape index (κ3) is 3.23. The molecule has 0 aromatic carbocycles. The maximum absolute atomic E-state index is 9.04. The fourth-order valence-electron chi connectivity index (χ4n) is 1.71. The van der Waals surface area contributed by atoms with Gasteiger partial charge < -0.3 is 4.90 Å². The summed E-state index contributed by atoms with van der Waals surface area (Å²) in [5, 5.41) is 9.04. The molecule has 0 radical (unpaired) electrons. The summed E-state index contributed by atoms with van der Waals surface area (Å²) in [6, 6.07) is 5.88. The first kappa shape index (κ1) is 12.5. The Kier molecular flexibility index (Phi) is 3.54. The summed E-state index contributed by atoms with van der Waals surface area (Å²) >= 11 is 0. The lowest BCUT2D eigenvalue weighted by Crippen LogP contribution is -2.30. The molecular formula is C13H19N3. The monoisotopic (exact) mass is 217 g/mol. The summed E-state index contributed by atoms with van der Waals surface area (Å²) in [6.07, 6.45) is 0. The first-order chi connectivity index (χ1) is 7.33. The minimum absolute atomic E-state index is 0.187. The van der Waals surface area contributed by atoms with Gasteiger partial charge in [0, 0.05) is 19.3 Å². The number of hydrogen-bond donors (Lipinski definition) is 0. The van der Waals surface area contributed by atoms with Gasteiger partial charge in [-0.3, -0.25) is 0 Å². The van der Waals surface area contributed by atoms with Crippen LogP contribution in [0.25, 0.3) is 0 Å². The molecule has 0 aliphatic heterocycles. The fraction of sp³-hybridized carbons (Fsp3) is 0.538. The van der Waals surface area contributed by atoms with Crippen LogP contribution in [0.15, 0.2) is 12.1 Å². The lowest BCUT2D eigenvalue weighted by Gasteiger charge is -2.28. The number of nitrogens with zero attached hydrogens (tertiary/aromatic N) is 3. The number of hydrogen-bond acceptors (Lipinski definition) is 3. The van der Waals surface area contributed by atoms with Crippen molar-refractivity contribution in [1.29, 1.82) is 5.26 Å². The van der Waals surface area contributed by atoms with Crippen LogP contribution in [0.1, 0.15) is 32.0 Å². The van der Waals surface area contributed by atoms with E-state index >= 15 is 0 Å². The van der Waals surface area contributed by atoms with E-state index in [4.69, 9.17) is 5.26 Å². The van der Waals surface area contributed by atoms with Crippen LogP contribution < -0.4 is 4.90 Å². The summed E-state index contributed by atoms with van der Waals surface area (Å²) in [4.78, 5) is 6.48. The zero-order valence-electron chi connectivity index (χ0n) is 10.7. The highest BCUT2D eigenvalue weighted by Crippen LogP contribution is 2.21. The summed E-state index contributed by atoms with van der Waals surface area (Å²) in [5.74, 6) is 0.775. The Morgan fingerprint density at radius 1 is 1.38 bits per heavy atom. The number of aryl methyl sites for hydroxylation is 1. The van der Waals surface area contributed by atoms with Gasteiger partial charge in [-0.15, -0.1) is 0 Å². The number of pyridine rings is 1. The van der Waals surface area contributed by atoms with Gasteiger partial charge >= 0.3 is 0 Å².